The Morgan fingerprint density at radius 1 is 1.17 bits per heavy atom. The molecule has 2 aliphatic heterocycles. The standard InChI is InChI=1S/C21H23FN4O3/c22-15-3-4-17-14(10-15)11-16(21(23)29)20(24-17)13-5-8-25(9-6-13)19(28)12-26-7-1-2-18(26)27/h3-4,10-11,13H,1-2,5-9,12H2,(H2,23,29). The van der Waals surface area contributed by atoms with Gasteiger partial charge >= 0.3 is 0 Å². The SMILES string of the molecule is NC(=O)c1cc2cc(F)ccc2nc1C1CCN(C(=O)CN2CCCC2=O)CC1. The first kappa shape index (κ1) is 19.3. The number of fused-ring (bicyclic) bond motifs is 1. The predicted molar refractivity (Wildman–Crippen MR) is 105 cm³/mol. The van der Waals surface area contributed by atoms with Gasteiger partial charge in [-0.05, 0) is 43.5 Å². The normalized spacial score (nSPS) is 17.9. The third-order valence-corrected chi connectivity index (χ3v) is 5.80. The topological polar surface area (TPSA) is 96.6 Å². The molecular formula is C21H23FN4O3. The molecule has 7 nitrogen and oxygen atoms in total. The molecule has 0 atom stereocenters. The lowest BCUT2D eigenvalue weighted by Crippen LogP contribution is -2.44. The first-order chi connectivity index (χ1) is 13.9. The molecule has 1 aromatic heterocycles. The van der Waals surface area contributed by atoms with E-state index < -0.39 is 11.7 Å². The van der Waals surface area contributed by atoms with E-state index in [-0.39, 0.29) is 24.3 Å². The Bertz CT molecular complexity index is 985. The highest BCUT2D eigenvalue weighted by atomic mass is 19.1. The minimum absolute atomic E-state index is 0.00979. The molecule has 2 fully saturated rings. The maximum absolute atomic E-state index is 13.5. The Morgan fingerprint density at radius 2 is 1.93 bits per heavy atom. The average Bonchev–Trinajstić information content (AvgIpc) is 3.11. The lowest BCUT2D eigenvalue weighted by atomic mass is 9.89. The van der Waals surface area contributed by atoms with Crippen molar-refractivity contribution in [3.05, 3.63) is 41.3 Å². The van der Waals surface area contributed by atoms with Crippen molar-refractivity contribution >= 4 is 28.6 Å². The second-order valence-electron chi connectivity index (χ2n) is 7.70. The predicted octanol–water partition coefficient (Wildman–Crippen LogP) is 1.80. The van der Waals surface area contributed by atoms with E-state index >= 15 is 0 Å². The second-order valence-corrected chi connectivity index (χ2v) is 7.70. The summed E-state index contributed by atoms with van der Waals surface area (Å²) in [5, 5.41) is 0.533. The van der Waals surface area contributed by atoms with E-state index in [1.54, 1.807) is 21.9 Å². The first-order valence-electron chi connectivity index (χ1n) is 9.88. The zero-order valence-electron chi connectivity index (χ0n) is 16.1. The lowest BCUT2D eigenvalue weighted by Gasteiger charge is -2.33. The summed E-state index contributed by atoms with van der Waals surface area (Å²) >= 11 is 0. The van der Waals surface area contributed by atoms with E-state index in [1.807, 2.05) is 0 Å². The van der Waals surface area contributed by atoms with Crippen LogP contribution in [0.15, 0.2) is 24.3 Å². The number of benzene rings is 1. The van der Waals surface area contributed by atoms with E-state index in [9.17, 15) is 18.8 Å². The third-order valence-electron chi connectivity index (χ3n) is 5.80. The molecule has 2 aliphatic rings. The average molecular weight is 398 g/mol. The summed E-state index contributed by atoms with van der Waals surface area (Å²) in [6.45, 7) is 1.85. The monoisotopic (exact) mass is 398 g/mol. The number of carbonyl (C=O) groups is 3. The van der Waals surface area contributed by atoms with Crippen molar-refractivity contribution in [2.24, 2.45) is 5.73 Å². The molecule has 1 aromatic carbocycles. The maximum Gasteiger partial charge on any atom is 0.250 e. The number of aromatic nitrogens is 1. The Balaban J connectivity index is 1.49. The summed E-state index contributed by atoms with van der Waals surface area (Å²) in [7, 11) is 0. The molecule has 29 heavy (non-hydrogen) atoms. The van der Waals surface area contributed by atoms with Gasteiger partial charge in [0.2, 0.25) is 11.8 Å². The van der Waals surface area contributed by atoms with E-state index in [1.165, 1.54) is 12.1 Å². The lowest BCUT2D eigenvalue weighted by molar-refractivity contribution is -0.139. The number of pyridine rings is 1. The fourth-order valence-electron chi connectivity index (χ4n) is 4.21. The summed E-state index contributed by atoms with van der Waals surface area (Å²) in [5.74, 6) is -1.01. The number of likely N-dealkylation sites (tertiary alicyclic amines) is 2. The summed E-state index contributed by atoms with van der Waals surface area (Å²) in [6.07, 6.45) is 2.63. The fraction of sp³-hybridized carbons (Fsp3) is 0.429. The van der Waals surface area contributed by atoms with E-state index in [0.29, 0.717) is 61.1 Å². The van der Waals surface area contributed by atoms with Crippen LogP contribution in [0.2, 0.25) is 0 Å². The van der Waals surface area contributed by atoms with Gasteiger partial charge in [-0.25, -0.2) is 4.39 Å². The molecule has 0 spiro atoms. The van der Waals surface area contributed by atoms with Gasteiger partial charge in [0.25, 0.3) is 5.91 Å². The van der Waals surface area contributed by atoms with Crippen LogP contribution in [-0.2, 0) is 9.59 Å². The van der Waals surface area contributed by atoms with Crippen LogP contribution in [0.3, 0.4) is 0 Å². The molecule has 0 radical (unpaired) electrons. The minimum Gasteiger partial charge on any atom is -0.366 e. The van der Waals surface area contributed by atoms with Crippen LogP contribution in [0.1, 0.15) is 47.7 Å². The number of rotatable bonds is 4. The van der Waals surface area contributed by atoms with Crippen LogP contribution < -0.4 is 5.73 Å². The number of nitrogens with two attached hydrogens (primary N) is 1. The van der Waals surface area contributed by atoms with E-state index in [0.717, 1.165) is 6.42 Å². The highest BCUT2D eigenvalue weighted by molar-refractivity contribution is 5.97. The number of hydrogen-bond donors (Lipinski definition) is 1. The smallest absolute Gasteiger partial charge is 0.250 e. The number of amides is 3. The van der Waals surface area contributed by atoms with Gasteiger partial charge in [-0.3, -0.25) is 19.4 Å². The highest BCUT2D eigenvalue weighted by Gasteiger charge is 2.30. The number of halogens is 1. The van der Waals surface area contributed by atoms with Crippen LogP contribution in [0, 0.1) is 5.82 Å². The Labute approximate surface area is 167 Å². The van der Waals surface area contributed by atoms with Gasteiger partial charge in [0.05, 0.1) is 23.3 Å². The summed E-state index contributed by atoms with van der Waals surface area (Å²) in [4.78, 5) is 44.2. The number of nitrogens with zero attached hydrogens (tertiary/aromatic N) is 3. The molecule has 0 saturated carbocycles. The summed E-state index contributed by atoms with van der Waals surface area (Å²) in [5.41, 5.74) is 7.08. The first-order valence-corrected chi connectivity index (χ1v) is 9.88. The Hall–Kier alpha value is -3.03. The molecule has 4 rings (SSSR count). The Kier molecular flexibility index (Phi) is 5.17. The molecular weight excluding hydrogens is 375 g/mol. The van der Waals surface area contributed by atoms with Crippen molar-refractivity contribution in [1.29, 1.82) is 0 Å². The summed E-state index contributed by atoms with van der Waals surface area (Å²) in [6, 6.07) is 5.85. The molecule has 3 heterocycles. The molecule has 0 aliphatic carbocycles. The van der Waals surface area contributed by atoms with Crippen molar-refractivity contribution in [2.45, 2.75) is 31.6 Å². The van der Waals surface area contributed by atoms with Crippen LogP contribution in [-0.4, -0.2) is 58.7 Å². The van der Waals surface area contributed by atoms with Crippen LogP contribution in [0.25, 0.3) is 10.9 Å². The number of carbonyl (C=O) groups excluding carboxylic acids is 3. The van der Waals surface area contributed by atoms with Gasteiger partial charge in [-0.15, -0.1) is 0 Å². The number of piperidine rings is 1. The maximum atomic E-state index is 13.5. The van der Waals surface area contributed by atoms with Crippen molar-refractivity contribution in [3.63, 3.8) is 0 Å². The molecule has 0 bridgehead atoms. The molecule has 8 heteroatoms. The fourth-order valence-corrected chi connectivity index (χ4v) is 4.21. The molecule has 0 unspecified atom stereocenters. The van der Waals surface area contributed by atoms with Crippen molar-refractivity contribution in [2.75, 3.05) is 26.2 Å². The quantitative estimate of drug-likeness (QED) is 0.849. The van der Waals surface area contributed by atoms with Crippen LogP contribution in [0.4, 0.5) is 4.39 Å². The molecule has 2 N–H and O–H groups in total. The molecule has 3 amide bonds. The molecule has 2 saturated heterocycles. The zero-order valence-corrected chi connectivity index (χ0v) is 16.1. The van der Waals surface area contributed by atoms with Crippen molar-refractivity contribution in [1.82, 2.24) is 14.8 Å². The van der Waals surface area contributed by atoms with Crippen molar-refractivity contribution in [3.8, 4) is 0 Å². The van der Waals surface area contributed by atoms with Gasteiger partial charge in [0.1, 0.15) is 5.82 Å². The van der Waals surface area contributed by atoms with Crippen LogP contribution >= 0.6 is 0 Å². The van der Waals surface area contributed by atoms with Crippen LogP contribution in [0.5, 0.6) is 0 Å². The summed E-state index contributed by atoms with van der Waals surface area (Å²) < 4.78 is 13.5. The third kappa shape index (κ3) is 3.92. The minimum atomic E-state index is -0.593. The van der Waals surface area contributed by atoms with E-state index in [2.05, 4.69) is 4.98 Å². The van der Waals surface area contributed by atoms with Gasteiger partial charge in [-0.2, -0.15) is 0 Å². The van der Waals surface area contributed by atoms with Gasteiger partial charge in [0.15, 0.2) is 0 Å². The van der Waals surface area contributed by atoms with Gasteiger partial charge in [0, 0.05) is 37.4 Å². The van der Waals surface area contributed by atoms with Gasteiger partial charge < -0.3 is 15.5 Å². The Morgan fingerprint density at radius 3 is 2.59 bits per heavy atom. The van der Waals surface area contributed by atoms with Gasteiger partial charge in [-0.1, -0.05) is 0 Å². The molecule has 152 valence electrons. The largest absolute Gasteiger partial charge is 0.366 e. The number of hydrogen-bond acceptors (Lipinski definition) is 4. The zero-order chi connectivity index (χ0) is 20.5. The van der Waals surface area contributed by atoms with Crippen molar-refractivity contribution < 1.29 is 18.8 Å². The molecule has 2 aromatic rings. The number of primary amides is 1. The van der Waals surface area contributed by atoms with E-state index in [4.69, 9.17) is 5.73 Å². The second kappa shape index (κ2) is 7.77. The highest BCUT2D eigenvalue weighted by Crippen LogP contribution is 2.31.